The number of carbonyl (C=O) groups excluding carboxylic acids is 2. The molecule has 0 spiro atoms. The fourth-order valence-corrected chi connectivity index (χ4v) is 7.35. The minimum absolute atomic E-state index is 0.0224. The summed E-state index contributed by atoms with van der Waals surface area (Å²) in [6.45, 7) is 1.32. The number of para-hydroxylation sites is 1. The number of ether oxygens (including phenoxy) is 3. The molecular formula is C40H33ClF5N9O6. The van der Waals surface area contributed by atoms with E-state index >= 15 is 0 Å². The summed E-state index contributed by atoms with van der Waals surface area (Å²) >= 11 is 6.15. The first-order valence-electron chi connectivity index (χ1n) is 18.7. The van der Waals surface area contributed by atoms with Crippen molar-refractivity contribution in [3.05, 3.63) is 117 Å². The van der Waals surface area contributed by atoms with Crippen LogP contribution in [0.2, 0.25) is 5.02 Å². The molecule has 2 aliphatic rings. The summed E-state index contributed by atoms with van der Waals surface area (Å²) in [7, 11) is 0. The lowest BCUT2D eigenvalue weighted by Gasteiger charge is -2.36. The van der Waals surface area contributed by atoms with Gasteiger partial charge >= 0.3 is 6.18 Å². The number of piperazine rings is 1. The Morgan fingerprint density at radius 3 is 2.46 bits per heavy atom. The van der Waals surface area contributed by atoms with Gasteiger partial charge in [-0.15, -0.1) is 5.10 Å². The summed E-state index contributed by atoms with van der Waals surface area (Å²) in [5.41, 5.74) is -1.16. The van der Waals surface area contributed by atoms with E-state index in [4.69, 9.17) is 25.8 Å². The monoisotopic (exact) mass is 865 g/mol. The quantitative estimate of drug-likeness (QED) is 0.143. The van der Waals surface area contributed by atoms with Crippen LogP contribution in [0.15, 0.2) is 77.9 Å². The molecule has 15 nitrogen and oxygen atoms in total. The molecule has 3 aromatic heterocycles. The van der Waals surface area contributed by atoms with Crippen molar-refractivity contribution < 1.29 is 45.8 Å². The molecular weight excluding hydrogens is 833 g/mol. The number of anilines is 2. The molecule has 1 N–H and O–H groups in total. The Morgan fingerprint density at radius 2 is 1.75 bits per heavy atom. The molecule has 0 atom stereocenters. The molecule has 0 unspecified atom stereocenters. The summed E-state index contributed by atoms with van der Waals surface area (Å²) in [6.07, 6.45) is -6.65. The van der Waals surface area contributed by atoms with E-state index in [1.807, 2.05) is 0 Å². The Labute approximate surface area is 347 Å². The minimum atomic E-state index is -4.66. The molecule has 1 saturated heterocycles. The lowest BCUT2D eigenvalue weighted by Crippen LogP contribution is -2.51. The topological polar surface area (TPSA) is 158 Å². The van der Waals surface area contributed by atoms with Crippen molar-refractivity contribution in [2.75, 3.05) is 43.2 Å². The highest BCUT2D eigenvalue weighted by Gasteiger charge is 2.34. The third kappa shape index (κ3) is 8.09. The predicted octanol–water partition coefficient (Wildman–Crippen LogP) is 6.43. The van der Waals surface area contributed by atoms with Crippen molar-refractivity contribution >= 4 is 40.6 Å². The van der Waals surface area contributed by atoms with Crippen LogP contribution in [0.1, 0.15) is 46.4 Å². The molecule has 0 bridgehead atoms. The maximum Gasteiger partial charge on any atom is 0.416 e. The normalized spacial score (nSPS) is 13.9. The standard InChI is InChI=1S/C40H33ClF5N9O6/c1-2-27-32(52-13-15-53(16-14-52)37(57)31-34(30(35(42)43)47-20-48-31)59-19-22-7-4-3-5-8-22)38(58)55-39(50-36(51-55)24-9-6-10-28-33(24)61-21-60-28)54(27)18-29(56)49-26-12-11-23(17-25(26)41)40(44,45)46/h3-12,17,20,35H,2,13-16,18-19,21H2,1H3,(H,49,56). The fraction of sp³-hybridized carbons (Fsp3) is 0.275. The summed E-state index contributed by atoms with van der Waals surface area (Å²) in [4.78, 5) is 57.6. The first kappa shape index (κ1) is 40.9. The van der Waals surface area contributed by atoms with E-state index in [1.165, 1.54) is 9.47 Å². The van der Waals surface area contributed by atoms with Crippen LogP contribution in [0.3, 0.4) is 0 Å². The number of halogens is 6. The second-order valence-corrected chi connectivity index (χ2v) is 14.2. The number of hydrogen-bond donors (Lipinski definition) is 1. The number of nitrogens with one attached hydrogen (secondary N) is 1. The van der Waals surface area contributed by atoms with E-state index in [-0.39, 0.29) is 79.7 Å². The van der Waals surface area contributed by atoms with Gasteiger partial charge in [-0.1, -0.05) is 54.9 Å². The van der Waals surface area contributed by atoms with Gasteiger partial charge in [-0.25, -0.2) is 18.7 Å². The number of amides is 2. The number of rotatable bonds is 11. The molecule has 8 rings (SSSR count). The number of hydrogen-bond acceptors (Lipinski definition) is 11. The molecule has 316 valence electrons. The molecule has 0 radical (unpaired) electrons. The molecule has 5 heterocycles. The molecule has 21 heteroatoms. The molecule has 3 aromatic carbocycles. The van der Waals surface area contributed by atoms with Crippen LogP contribution in [-0.4, -0.2) is 78.8 Å². The summed E-state index contributed by atoms with van der Waals surface area (Å²) in [5, 5.41) is 6.75. The zero-order chi connectivity index (χ0) is 43.0. The number of alkyl halides is 5. The Hall–Kier alpha value is -6.83. The van der Waals surface area contributed by atoms with Gasteiger partial charge in [0, 0.05) is 26.2 Å². The van der Waals surface area contributed by atoms with E-state index in [1.54, 1.807) is 60.4 Å². The maximum atomic E-state index is 14.5. The van der Waals surface area contributed by atoms with Crippen LogP contribution in [0, 0.1) is 0 Å². The Bertz CT molecular complexity index is 2710. The number of fused-ring (bicyclic) bond motifs is 2. The molecule has 6 aromatic rings. The number of benzene rings is 3. The highest BCUT2D eigenvalue weighted by atomic mass is 35.5. The average Bonchev–Trinajstić information content (AvgIpc) is 3.93. The highest BCUT2D eigenvalue weighted by molar-refractivity contribution is 6.33. The molecule has 2 aliphatic heterocycles. The van der Waals surface area contributed by atoms with Gasteiger partial charge in [-0.3, -0.25) is 14.4 Å². The summed E-state index contributed by atoms with van der Waals surface area (Å²) in [6, 6.07) is 16.4. The van der Waals surface area contributed by atoms with Crippen molar-refractivity contribution in [1.82, 2.24) is 34.0 Å². The first-order valence-corrected chi connectivity index (χ1v) is 19.1. The van der Waals surface area contributed by atoms with Gasteiger partial charge in [0.15, 0.2) is 34.5 Å². The largest absolute Gasteiger partial charge is 0.484 e. The van der Waals surface area contributed by atoms with Gasteiger partial charge in [0.05, 0.1) is 27.5 Å². The van der Waals surface area contributed by atoms with Gasteiger partial charge in [0.25, 0.3) is 17.9 Å². The molecule has 0 saturated carbocycles. The summed E-state index contributed by atoms with van der Waals surface area (Å²) < 4.78 is 87.6. The minimum Gasteiger partial charge on any atom is -0.484 e. The maximum absolute atomic E-state index is 14.5. The zero-order valence-electron chi connectivity index (χ0n) is 32.0. The first-order chi connectivity index (χ1) is 29.3. The molecule has 2 amide bonds. The predicted molar refractivity (Wildman–Crippen MR) is 209 cm³/mol. The van der Waals surface area contributed by atoms with Crippen LogP contribution in [0.4, 0.5) is 33.3 Å². The van der Waals surface area contributed by atoms with Crippen LogP contribution < -0.4 is 30.0 Å². The van der Waals surface area contributed by atoms with E-state index in [0.29, 0.717) is 34.4 Å². The average molecular weight is 866 g/mol. The molecule has 61 heavy (non-hydrogen) atoms. The van der Waals surface area contributed by atoms with Crippen molar-refractivity contribution in [2.24, 2.45) is 0 Å². The van der Waals surface area contributed by atoms with Crippen LogP contribution in [-0.2, 0) is 30.5 Å². The van der Waals surface area contributed by atoms with Crippen molar-refractivity contribution in [3.63, 3.8) is 0 Å². The lowest BCUT2D eigenvalue weighted by molar-refractivity contribution is -0.137. The third-order valence-corrected chi connectivity index (χ3v) is 10.3. The second kappa shape index (κ2) is 16.7. The van der Waals surface area contributed by atoms with Gasteiger partial charge in [0.1, 0.15) is 25.2 Å². The molecule has 1 fully saturated rings. The van der Waals surface area contributed by atoms with Crippen molar-refractivity contribution in [2.45, 2.75) is 39.1 Å². The Morgan fingerprint density at radius 1 is 0.984 bits per heavy atom. The Balaban J connectivity index is 1.12. The fourth-order valence-electron chi connectivity index (χ4n) is 7.13. The van der Waals surface area contributed by atoms with Gasteiger partial charge < -0.3 is 33.9 Å². The zero-order valence-corrected chi connectivity index (χ0v) is 32.7. The number of carbonyl (C=O) groups is 2. The lowest BCUT2D eigenvalue weighted by atomic mass is 10.2. The van der Waals surface area contributed by atoms with E-state index in [2.05, 4.69) is 25.4 Å². The van der Waals surface area contributed by atoms with Crippen LogP contribution in [0.5, 0.6) is 17.2 Å². The second-order valence-electron chi connectivity index (χ2n) is 13.8. The highest BCUT2D eigenvalue weighted by Crippen LogP contribution is 2.40. The molecule has 0 aliphatic carbocycles. The summed E-state index contributed by atoms with van der Waals surface area (Å²) in [5.74, 6) is -0.992. The number of aromatic nitrogens is 6. The van der Waals surface area contributed by atoms with E-state index in [0.717, 1.165) is 23.0 Å². The van der Waals surface area contributed by atoms with Gasteiger partial charge in [-0.2, -0.15) is 22.7 Å². The van der Waals surface area contributed by atoms with Gasteiger partial charge in [-0.05, 0) is 42.3 Å². The smallest absolute Gasteiger partial charge is 0.416 e. The van der Waals surface area contributed by atoms with Crippen LogP contribution in [0.25, 0.3) is 17.2 Å². The van der Waals surface area contributed by atoms with E-state index in [9.17, 15) is 36.3 Å². The third-order valence-electron chi connectivity index (χ3n) is 10.0. The van der Waals surface area contributed by atoms with E-state index < -0.39 is 53.5 Å². The number of nitrogens with zero attached hydrogens (tertiary/aromatic N) is 8. The van der Waals surface area contributed by atoms with Gasteiger partial charge in [0.2, 0.25) is 18.5 Å². The van der Waals surface area contributed by atoms with Crippen molar-refractivity contribution in [3.8, 4) is 28.6 Å². The SMILES string of the molecule is CCc1c(N2CCN(C(=O)c3ncnc(C(F)F)c3OCc3ccccc3)CC2)c(=O)n2nc(-c3cccc4c3OCO4)nc2n1CC(=O)Nc1ccc(C(F)(F)F)cc1Cl. The van der Waals surface area contributed by atoms with Crippen molar-refractivity contribution in [1.29, 1.82) is 0 Å². The van der Waals surface area contributed by atoms with Crippen LogP contribution >= 0.6 is 11.6 Å². The Kier molecular flexibility index (Phi) is 11.2.